The van der Waals surface area contributed by atoms with Crippen LogP contribution in [-0.4, -0.2) is 58.6 Å². The topological polar surface area (TPSA) is 121 Å². The third-order valence-electron chi connectivity index (χ3n) is 6.30. The van der Waals surface area contributed by atoms with Gasteiger partial charge in [-0.15, -0.1) is 0 Å². The first kappa shape index (κ1) is 24.4. The van der Waals surface area contributed by atoms with Crippen LogP contribution in [0.5, 0.6) is 0 Å². The number of anilines is 1. The summed E-state index contributed by atoms with van der Waals surface area (Å²) in [4.78, 5) is 42.4. The molecule has 0 bridgehead atoms. The molecule has 2 aliphatic heterocycles. The first-order valence-corrected chi connectivity index (χ1v) is 11.8. The van der Waals surface area contributed by atoms with Crippen molar-refractivity contribution in [3.05, 3.63) is 59.0 Å². The maximum Gasteiger partial charge on any atom is 0.408 e. The van der Waals surface area contributed by atoms with Crippen LogP contribution < -0.4 is 10.6 Å². The van der Waals surface area contributed by atoms with Crippen LogP contribution in [0.4, 0.5) is 15.0 Å². The van der Waals surface area contributed by atoms with Gasteiger partial charge < -0.3 is 25.4 Å². The molecule has 1 aromatic carbocycles. The Kier molecular flexibility index (Phi) is 7.79. The highest BCUT2D eigenvalue weighted by molar-refractivity contribution is 5.87. The zero-order valence-electron chi connectivity index (χ0n) is 19.3. The third-order valence-corrected chi connectivity index (χ3v) is 6.30. The predicted octanol–water partition coefficient (Wildman–Crippen LogP) is 2.74. The van der Waals surface area contributed by atoms with Crippen LogP contribution in [0.25, 0.3) is 0 Å². The number of benzene rings is 1. The van der Waals surface area contributed by atoms with Gasteiger partial charge in [-0.05, 0) is 60.9 Å². The highest BCUT2D eigenvalue weighted by Gasteiger charge is 2.33. The minimum Gasteiger partial charge on any atom is -0.480 e. The number of aromatic nitrogens is 1. The molecular weight excluding hydrogens is 455 g/mol. The highest BCUT2D eigenvalue weighted by Crippen LogP contribution is 2.24. The average molecular weight is 485 g/mol. The number of aliphatic carboxylic acids is 1. The molecule has 1 aromatic heterocycles. The number of pyridine rings is 1. The minimum absolute atomic E-state index is 0.215. The van der Waals surface area contributed by atoms with E-state index in [1.54, 1.807) is 11.0 Å². The van der Waals surface area contributed by atoms with Crippen molar-refractivity contribution in [3.63, 3.8) is 0 Å². The Morgan fingerprint density at radius 2 is 2.09 bits per heavy atom. The van der Waals surface area contributed by atoms with Gasteiger partial charge in [0.25, 0.3) is 0 Å². The smallest absolute Gasteiger partial charge is 0.408 e. The molecule has 1 fully saturated rings. The number of nitrogens with one attached hydrogen (secondary N) is 2. The van der Waals surface area contributed by atoms with Crippen molar-refractivity contribution in [2.24, 2.45) is 5.92 Å². The third kappa shape index (κ3) is 6.68. The summed E-state index contributed by atoms with van der Waals surface area (Å²) in [6.07, 6.45) is 2.53. The van der Waals surface area contributed by atoms with Crippen molar-refractivity contribution >= 4 is 23.8 Å². The molecule has 2 aliphatic rings. The number of ether oxygens (including phenoxy) is 1. The molecule has 0 aliphatic carbocycles. The Hall–Kier alpha value is -3.69. The van der Waals surface area contributed by atoms with E-state index >= 15 is 0 Å². The number of halogens is 1. The van der Waals surface area contributed by atoms with E-state index < -0.39 is 23.9 Å². The zero-order valence-corrected chi connectivity index (χ0v) is 19.3. The second-order valence-electron chi connectivity index (χ2n) is 8.99. The van der Waals surface area contributed by atoms with Gasteiger partial charge in [-0.3, -0.25) is 4.79 Å². The second kappa shape index (κ2) is 11.2. The number of rotatable bonds is 9. The number of nitrogens with zero attached hydrogens (tertiary/aromatic N) is 2. The number of carboxylic acids is 1. The summed E-state index contributed by atoms with van der Waals surface area (Å²) in [5.74, 6) is -0.831. The summed E-state index contributed by atoms with van der Waals surface area (Å²) in [5, 5.41) is 14.9. The van der Waals surface area contributed by atoms with Gasteiger partial charge in [0.05, 0.1) is 6.42 Å². The van der Waals surface area contributed by atoms with Crippen LogP contribution in [0.3, 0.4) is 0 Å². The maximum absolute atomic E-state index is 13.2. The number of alkyl carbamates (subject to hydrolysis) is 1. The van der Waals surface area contributed by atoms with Crippen LogP contribution in [0.15, 0.2) is 36.4 Å². The fourth-order valence-electron chi connectivity index (χ4n) is 4.28. The Morgan fingerprint density at radius 1 is 1.26 bits per heavy atom. The Labute approximate surface area is 202 Å². The summed E-state index contributed by atoms with van der Waals surface area (Å²) in [7, 11) is 0. The number of carboxylic acid groups (broad SMARTS) is 1. The molecule has 1 saturated heterocycles. The zero-order chi connectivity index (χ0) is 24.8. The first-order valence-electron chi connectivity index (χ1n) is 11.8. The van der Waals surface area contributed by atoms with Gasteiger partial charge in [0.2, 0.25) is 5.91 Å². The van der Waals surface area contributed by atoms with Crippen molar-refractivity contribution in [3.8, 4) is 0 Å². The number of carbonyl (C=O) groups is 3. The van der Waals surface area contributed by atoms with Gasteiger partial charge in [-0.2, -0.15) is 0 Å². The van der Waals surface area contributed by atoms with E-state index in [1.165, 1.54) is 23.8 Å². The lowest BCUT2D eigenvalue weighted by Crippen LogP contribution is -2.53. The molecule has 186 valence electrons. The minimum atomic E-state index is -1.41. The van der Waals surface area contributed by atoms with Gasteiger partial charge in [-0.25, -0.2) is 19.0 Å². The van der Waals surface area contributed by atoms with Gasteiger partial charge in [0, 0.05) is 25.3 Å². The number of hydrogen-bond donors (Lipinski definition) is 3. The predicted molar refractivity (Wildman–Crippen MR) is 125 cm³/mol. The molecule has 35 heavy (non-hydrogen) atoms. The first-order chi connectivity index (χ1) is 16.9. The number of amides is 2. The molecular formula is C25H29FN4O5. The normalized spacial score (nSPS) is 15.9. The summed E-state index contributed by atoms with van der Waals surface area (Å²) in [6, 6.07) is 8.31. The largest absolute Gasteiger partial charge is 0.480 e. The Morgan fingerprint density at radius 3 is 2.86 bits per heavy atom. The molecule has 0 saturated carbocycles. The van der Waals surface area contributed by atoms with Gasteiger partial charge in [0.15, 0.2) is 0 Å². The summed E-state index contributed by atoms with van der Waals surface area (Å²) in [5.41, 5.74) is 2.70. The summed E-state index contributed by atoms with van der Waals surface area (Å²) in [6.45, 7) is 1.84. The molecule has 3 heterocycles. The SMILES string of the molecule is O=C(N[C@@H](CC(=O)N1CC(CCc2ccc3c(n2)NCCC3)C1)C(=O)O)OCc1cccc(F)c1. The fourth-order valence-corrected chi connectivity index (χ4v) is 4.28. The highest BCUT2D eigenvalue weighted by atomic mass is 19.1. The number of hydrogen-bond acceptors (Lipinski definition) is 6. The van der Waals surface area contributed by atoms with Crippen molar-refractivity contribution in [2.45, 2.75) is 44.8 Å². The molecule has 9 nitrogen and oxygen atoms in total. The molecule has 2 amide bonds. The van der Waals surface area contributed by atoms with Crippen molar-refractivity contribution < 1.29 is 28.6 Å². The number of fused-ring (bicyclic) bond motifs is 1. The van der Waals surface area contributed by atoms with Gasteiger partial charge >= 0.3 is 12.1 Å². The van der Waals surface area contributed by atoms with Crippen LogP contribution >= 0.6 is 0 Å². The Balaban J connectivity index is 1.18. The summed E-state index contributed by atoms with van der Waals surface area (Å²) >= 11 is 0. The van der Waals surface area contributed by atoms with Crippen molar-refractivity contribution in [2.75, 3.05) is 25.0 Å². The molecule has 10 heteroatoms. The molecule has 4 rings (SSSR count). The molecule has 0 radical (unpaired) electrons. The second-order valence-corrected chi connectivity index (χ2v) is 8.99. The van der Waals surface area contributed by atoms with E-state index in [4.69, 9.17) is 9.72 Å². The van der Waals surface area contributed by atoms with E-state index in [-0.39, 0.29) is 18.9 Å². The maximum atomic E-state index is 13.2. The number of aryl methyl sites for hydroxylation is 2. The monoisotopic (exact) mass is 484 g/mol. The molecule has 0 unspecified atom stereocenters. The van der Waals surface area contributed by atoms with E-state index in [0.29, 0.717) is 24.6 Å². The summed E-state index contributed by atoms with van der Waals surface area (Å²) < 4.78 is 18.2. The van der Waals surface area contributed by atoms with Crippen LogP contribution in [-0.2, 0) is 33.8 Å². The lowest BCUT2D eigenvalue weighted by atomic mass is 9.93. The van der Waals surface area contributed by atoms with Crippen LogP contribution in [0, 0.1) is 11.7 Å². The average Bonchev–Trinajstić information content (AvgIpc) is 2.81. The van der Waals surface area contributed by atoms with Crippen molar-refractivity contribution in [1.82, 2.24) is 15.2 Å². The van der Waals surface area contributed by atoms with Gasteiger partial charge in [0.1, 0.15) is 24.3 Å². The quantitative estimate of drug-likeness (QED) is 0.500. The lowest BCUT2D eigenvalue weighted by Gasteiger charge is -2.40. The van der Waals surface area contributed by atoms with E-state index in [2.05, 4.69) is 22.8 Å². The van der Waals surface area contributed by atoms with Crippen molar-refractivity contribution in [1.29, 1.82) is 0 Å². The Bertz CT molecular complexity index is 1090. The van der Waals surface area contributed by atoms with E-state index in [1.807, 2.05) is 0 Å². The van der Waals surface area contributed by atoms with E-state index in [0.717, 1.165) is 43.7 Å². The number of likely N-dealkylation sites (tertiary alicyclic amines) is 1. The lowest BCUT2D eigenvalue weighted by molar-refractivity contribution is -0.145. The molecule has 3 N–H and O–H groups in total. The van der Waals surface area contributed by atoms with E-state index in [9.17, 15) is 23.9 Å². The fraction of sp³-hybridized carbons (Fsp3) is 0.440. The standard InChI is InChI=1S/C25H29FN4O5/c26-19-5-1-3-16(11-19)15-35-25(34)29-21(24(32)33)12-22(31)30-13-17(14-30)6-8-20-9-7-18-4-2-10-27-23(18)28-20/h1,3,5,7,9,11,17,21H,2,4,6,8,10,12-15H2,(H,27,28)(H,29,34)(H,32,33)/t21-/m0/s1. The molecule has 2 aromatic rings. The molecule has 1 atom stereocenters. The van der Waals surface area contributed by atoms with Crippen LogP contribution in [0.1, 0.15) is 36.1 Å². The molecule has 0 spiro atoms. The van der Waals surface area contributed by atoms with Crippen LogP contribution in [0.2, 0.25) is 0 Å². The number of carbonyl (C=O) groups excluding carboxylic acids is 2. The van der Waals surface area contributed by atoms with Gasteiger partial charge in [-0.1, -0.05) is 18.2 Å².